The summed E-state index contributed by atoms with van der Waals surface area (Å²) in [6, 6.07) is 19.1. The molecule has 2 aromatic carbocycles. The normalized spacial score (nSPS) is 10.4. The Hall–Kier alpha value is -2.94. The van der Waals surface area contributed by atoms with E-state index in [1.807, 2.05) is 95.3 Å². The van der Waals surface area contributed by atoms with Crippen molar-refractivity contribution in [1.82, 2.24) is 10.2 Å². The first-order valence-electron chi connectivity index (χ1n) is 12.2. The number of esters is 3. The molecular weight excluding hydrogens is 496 g/mol. The van der Waals surface area contributed by atoms with Gasteiger partial charge in [-0.3, -0.25) is 19.3 Å². The molecule has 0 bridgehead atoms. The van der Waals surface area contributed by atoms with E-state index in [2.05, 4.69) is 5.32 Å². The van der Waals surface area contributed by atoms with Crippen molar-refractivity contribution in [2.24, 2.45) is 0 Å². The average molecular weight is 537 g/mol. The van der Waals surface area contributed by atoms with Crippen LogP contribution in [0, 0.1) is 0 Å². The van der Waals surface area contributed by atoms with Crippen LogP contribution in [0.3, 0.4) is 0 Å². The molecule has 2 rings (SSSR count). The molecule has 0 aliphatic carbocycles. The van der Waals surface area contributed by atoms with E-state index in [4.69, 9.17) is 14.2 Å². The fourth-order valence-electron chi connectivity index (χ4n) is 2.82. The van der Waals surface area contributed by atoms with Crippen LogP contribution in [0.1, 0.15) is 45.7 Å². The third kappa shape index (κ3) is 18.0. The first-order valence-corrected chi connectivity index (χ1v) is 12.2. The molecule has 0 atom stereocenters. The maximum absolute atomic E-state index is 11.8. The van der Waals surface area contributed by atoms with Gasteiger partial charge in [-0.15, -0.1) is 12.4 Å². The molecule has 0 saturated heterocycles. The molecule has 0 radical (unpaired) electrons. The molecule has 0 aliphatic rings. The molecule has 0 spiro atoms. The van der Waals surface area contributed by atoms with Crippen molar-refractivity contribution in [3.63, 3.8) is 0 Å². The highest BCUT2D eigenvalue weighted by molar-refractivity contribution is 5.85. The Morgan fingerprint density at radius 3 is 1.65 bits per heavy atom. The summed E-state index contributed by atoms with van der Waals surface area (Å²) >= 11 is 0. The number of hydrogen-bond donors (Lipinski definition) is 1. The second kappa shape index (κ2) is 19.2. The number of likely N-dealkylation sites (N-methyl/N-ethyl adjacent to an activating group) is 2. The van der Waals surface area contributed by atoms with Gasteiger partial charge in [-0.25, -0.2) is 0 Å². The minimum Gasteiger partial charge on any atom is -0.460 e. The molecule has 0 heterocycles. The summed E-state index contributed by atoms with van der Waals surface area (Å²) in [7, 11) is 0. The number of halogens is 1. The van der Waals surface area contributed by atoms with Crippen LogP contribution in [-0.4, -0.2) is 61.1 Å². The molecule has 0 saturated carbocycles. The first-order chi connectivity index (χ1) is 17.1. The number of ether oxygens (including phenoxy) is 3. The Bertz CT molecular complexity index is 904. The molecule has 206 valence electrons. The summed E-state index contributed by atoms with van der Waals surface area (Å²) in [6.07, 6.45) is 0. The minimum absolute atomic E-state index is 0. The second-order valence-electron chi connectivity index (χ2n) is 8.96. The van der Waals surface area contributed by atoms with Crippen molar-refractivity contribution in [3.8, 4) is 0 Å². The number of carbonyl (C=O) groups is 3. The van der Waals surface area contributed by atoms with Gasteiger partial charge in [0.05, 0.1) is 19.6 Å². The summed E-state index contributed by atoms with van der Waals surface area (Å²) in [5.41, 5.74) is 1.42. The molecule has 2 aromatic rings. The van der Waals surface area contributed by atoms with E-state index in [9.17, 15) is 14.4 Å². The van der Waals surface area contributed by atoms with Crippen LogP contribution < -0.4 is 5.32 Å². The predicted molar refractivity (Wildman–Crippen MR) is 146 cm³/mol. The molecular formula is C28H41ClN2O6. The van der Waals surface area contributed by atoms with E-state index in [0.717, 1.165) is 17.7 Å². The zero-order valence-electron chi connectivity index (χ0n) is 22.5. The lowest BCUT2D eigenvalue weighted by molar-refractivity contribution is -0.157. The minimum atomic E-state index is -0.523. The van der Waals surface area contributed by atoms with Crippen molar-refractivity contribution in [3.05, 3.63) is 71.8 Å². The van der Waals surface area contributed by atoms with Gasteiger partial charge in [0.15, 0.2) is 0 Å². The summed E-state index contributed by atoms with van der Waals surface area (Å²) in [4.78, 5) is 36.4. The van der Waals surface area contributed by atoms with E-state index in [1.54, 1.807) is 4.90 Å². The SMILES string of the molecule is CCN(CC(=O)OCc1ccccc1)CC(=O)OC(C)(C)C.CCNCC(=O)OCc1ccccc1.Cl. The van der Waals surface area contributed by atoms with Gasteiger partial charge in [-0.05, 0) is 45.0 Å². The monoisotopic (exact) mass is 536 g/mol. The van der Waals surface area contributed by atoms with Crippen LogP contribution in [0.15, 0.2) is 60.7 Å². The third-order valence-electron chi connectivity index (χ3n) is 4.58. The summed E-state index contributed by atoms with van der Waals surface area (Å²) in [5, 5.41) is 2.91. The van der Waals surface area contributed by atoms with Gasteiger partial charge in [0.1, 0.15) is 18.8 Å². The molecule has 0 unspecified atom stereocenters. The van der Waals surface area contributed by atoms with Gasteiger partial charge in [0, 0.05) is 0 Å². The quantitative estimate of drug-likeness (QED) is 0.319. The van der Waals surface area contributed by atoms with Crippen LogP contribution in [0.2, 0.25) is 0 Å². The zero-order chi connectivity index (χ0) is 26.8. The summed E-state index contributed by atoms with van der Waals surface area (Å²) < 4.78 is 15.5. The van der Waals surface area contributed by atoms with Crippen LogP contribution >= 0.6 is 12.4 Å². The number of carbonyl (C=O) groups excluding carboxylic acids is 3. The molecule has 0 aromatic heterocycles. The van der Waals surface area contributed by atoms with Gasteiger partial charge in [-0.1, -0.05) is 74.5 Å². The van der Waals surface area contributed by atoms with Gasteiger partial charge in [0.25, 0.3) is 0 Å². The fraction of sp³-hybridized carbons (Fsp3) is 0.464. The lowest BCUT2D eigenvalue weighted by atomic mass is 10.2. The van der Waals surface area contributed by atoms with E-state index in [-0.39, 0.29) is 56.6 Å². The maximum Gasteiger partial charge on any atom is 0.320 e. The van der Waals surface area contributed by atoms with Crippen molar-refractivity contribution in [1.29, 1.82) is 0 Å². The van der Waals surface area contributed by atoms with Crippen LogP contribution in [0.25, 0.3) is 0 Å². The van der Waals surface area contributed by atoms with Crippen LogP contribution in [-0.2, 0) is 41.8 Å². The first kappa shape index (κ1) is 34.1. The highest BCUT2D eigenvalue weighted by Gasteiger charge is 2.20. The summed E-state index contributed by atoms with van der Waals surface area (Å²) in [5.74, 6) is -0.907. The number of benzene rings is 2. The topological polar surface area (TPSA) is 94.2 Å². The highest BCUT2D eigenvalue weighted by Crippen LogP contribution is 2.08. The number of nitrogens with zero attached hydrogens (tertiary/aromatic N) is 1. The Balaban J connectivity index is 0.000000747. The lowest BCUT2D eigenvalue weighted by Crippen LogP contribution is -2.38. The molecule has 8 nitrogen and oxygen atoms in total. The van der Waals surface area contributed by atoms with Crippen molar-refractivity contribution in [2.45, 2.75) is 53.4 Å². The van der Waals surface area contributed by atoms with Gasteiger partial charge >= 0.3 is 17.9 Å². The van der Waals surface area contributed by atoms with E-state index in [0.29, 0.717) is 13.2 Å². The Labute approximate surface area is 227 Å². The Morgan fingerprint density at radius 1 is 0.757 bits per heavy atom. The largest absolute Gasteiger partial charge is 0.460 e. The van der Waals surface area contributed by atoms with Crippen molar-refractivity contribution >= 4 is 30.3 Å². The van der Waals surface area contributed by atoms with Gasteiger partial charge in [-0.2, -0.15) is 0 Å². The molecule has 0 fully saturated rings. The number of nitrogens with one attached hydrogen (secondary N) is 1. The average Bonchev–Trinajstić information content (AvgIpc) is 2.85. The maximum atomic E-state index is 11.8. The Kier molecular flexibility index (Phi) is 17.7. The predicted octanol–water partition coefficient (Wildman–Crippen LogP) is 4.15. The van der Waals surface area contributed by atoms with Gasteiger partial charge in [0.2, 0.25) is 0 Å². The Morgan fingerprint density at radius 2 is 1.22 bits per heavy atom. The lowest BCUT2D eigenvalue weighted by Gasteiger charge is -2.23. The standard InChI is InChI=1S/C17H25NO4.C11H15NO2.ClH/c1-5-18(12-16(20)22-17(2,3)4)11-15(19)21-13-14-9-7-6-8-10-14;1-2-12-8-11(13)14-9-10-6-4-3-5-7-10;/h6-10H,5,11-13H2,1-4H3;3-7,12H,2,8-9H2,1H3;1H. The summed E-state index contributed by atoms with van der Waals surface area (Å²) in [6.45, 7) is 11.6. The molecule has 0 amide bonds. The van der Waals surface area contributed by atoms with Crippen molar-refractivity contribution < 1.29 is 28.6 Å². The van der Waals surface area contributed by atoms with Crippen LogP contribution in [0.4, 0.5) is 0 Å². The van der Waals surface area contributed by atoms with E-state index in [1.165, 1.54) is 0 Å². The van der Waals surface area contributed by atoms with Gasteiger partial charge < -0.3 is 19.5 Å². The zero-order valence-corrected chi connectivity index (χ0v) is 23.3. The van der Waals surface area contributed by atoms with Crippen molar-refractivity contribution in [2.75, 3.05) is 32.7 Å². The molecule has 37 heavy (non-hydrogen) atoms. The number of hydrogen-bond acceptors (Lipinski definition) is 8. The molecule has 9 heteroatoms. The molecule has 1 N–H and O–H groups in total. The number of rotatable bonds is 12. The fourth-order valence-corrected chi connectivity index (χ4v) is 2.82. The van der Waals surface area contributed by atoms with E-state index >= 15 is 0 Å². The smallest absolute Gasteiger partial charge is 0.320 e. The second-order valence-corrected chi connectivity index (χ2v) is 8.96. The molecule has 0 aliphatic heterocycles. The highest BCUT2D eigenvalue weighted by atomic mass is 35.5. The van der Waals surface area contributed by atoms with Crippen LogP contribution in [0.5, 0.6) is 0 Å². The van der Waals surface area contributed by atoms with E-state index < -0.39 is 5.60 Å². The third-order valence-corrected chi connectivity index (χ3v) is 4.58.